The van der Waals surface area contributed by atoms with Crippen molar-refractivity contribution in [3.63, 3.8) is 0 Å². The van der Waals surface area contributed by atoms with Crippen molar-refractivity contribution in [2.45, 2.75) is 90.4 Å². The molecule has 1 aliphatic rings. The van der Waals surface area contributed by atoms with Gasteiger partial charge in [0, 0.05) is 6.42 Å². The molecular weight excluding hydrogens is 220 g/mol. The van der Waals surface area contributed by atoms with Crippen LogP contribution in [0.25, 0.3) is 0 Å². The minimum atomic E-state index is 0.408. The number of carbonyl (C=O) groups is 1. The molecule has 0 aromatic rings. The van der Waals surface area contributed by atoms with Crippen molar-refractivity contribution in [1.82, 2.24) is 0 Å². The third-order valence-electron chi connectivity index (χ3n) is 3.92. The lowest BCUT2D eigenvalue weighted by Gasteiger charge is -2.03. The van der Waals surface area contributed by atoms with Crippen LogP contribution in [0.15, 0.2) is 11.6 Å². The van der Waals surface area contributed by atoms with Gasteiger partial charge in [-0.15, -0.1) is 0 Å². The van der Waals surface area contributed by atoms with Crippen LogP contribution in [0, 0.1) is 0 Å². The molecule has 0 radical (unpaired) electrons. The van der Waals surface area contributed by atoms with Crippen LogP contribution in [-0.4, -0.2) is 5.78 Å². The first-order valence-electron chi connectivity index (χ1n) is 8.07. The number of hydrogen-bond acceptors (Lipinski definition) is 1. The minimum absolute atomic E-state index is 0.408. The molecule has 18 heavy (non-hydrogen) atoms. The fraction of sp³-hybridized carbons (Fsp3) is 0.824. The number of hydrogen-bond donors (Lipinski definition) is 0. The summed E-state index contributed by atoms with van der Waals surface area (Å²) in [5, 5.41) is 0. The van der Waals surface area contributed by atoms with Gasteiger partial charge in [0.1, 0.15) is 0 Å². The van der Waals surface area contributed by atoms with Crippen molar-refractivity contribution in [2.24, 2.45) is 0 Å². The van der Waals surface area contributed by atoms with Gasteiger partial charge in [-0.1, -0.05) is 70.8 Å². The summed E-state index contributed by atoms with van der Waals surface area (Å²) in [6, 6.07) is 0. The molecule has 0 heterocycles. The number of unbranched alkanes of at least 4 members (excludes halogenated alkanes) is 9. The van der Waals surface area contributed by atoms with Crippen LogP contribution < -0.4 is 0 Å². The molecule has 0 amide bonds. The molecule has 1 rings (SSSR count). The van der Waals surface area contributed by atoms with E-state index < -0.39 is 0 Å². The van der Waals surface area contributed by atoms with Gasteiger partial charge in [-0.3, -0.25) is 4.79 Å². The SMILES string of the molecule is CCCCCCCCCCCCC1=CCCC1=O. The molecule has 0 unspecified atom stereocenters. The third-order valence-corrected chi connectivity index (χ3v) is 3.92. The topological polar surface area (TPSA) is 17.1 Å². The van der Waals surface area contributed by atoms with Crippen molar-refractivity contribution >= 4 is 5.78 Å². The van der Waals surface area contributed by atoms with Crippen molar-refractivity contribution < 1.29 is 4.79 Å². The second-order valence-corrected chi connectivity index (χ2v) is 5.62. The summed E-state index contributed by atoms with van der Waals surface area (Å²) >= 11 is 0. The van der Waals surface area contributed by atoms with E-state index in [0.717, 1.165) is 24.8 Å². The van der Waals surface area contributed by atoms with Gasteiger partial charge in [-0.2, -0.15) is 0 Å². The Morgan fingerprint density at radius 1 is 0.889 bits per heavy atom. The molecule has 1 heteroatoms. The quantitative estimate of drug-likeness (QED) is 0.437. The van der Waals surface area contributed by atoms with Crippen LogP contribution in [0.5, 0.6) is 0 Å². The number of rotatable bonds is 11. The van der Waals surface area contributed by atoms with E-state index in [-0.39, 0.29) is 0 Å². The van der Waals surface area contributed by atoms with E-state index in [4.69, 9.17) is 0 Å². The maximum Gasteiger partial charge on any atom is 0.158 e. The lowest BCUT2D eigenvalue weighted by atomic mass is 10.0. The van der Waals surface area contributed by atoms with Crippen LogP contribution in [0.1, 0.15) is 90.4 Å². The molecule has 0 aromatic carbocycles. The first-order valence-corrected chi connectivity index (χ1v) is 8.07. The maximum absolute atomic E-state index is 11.4. The average molecular weight is 250 g/mol. The Labute approximate surface area is 113 Å². The number of carbonyl (C=O) groups excluding carboxylic acids is 1. The minimum Gasteiger partial charge on any atom is -0.295 e. The standard InChI is InChI=1S/C17H30O/c1-2-3-4-5-6-7-8-9-10-11-13-16-14-12-15-17(16)18/h14H,2-13,15H2,1H3. The second kappa shape index (κ2) is 10.3. The molecule has 104 valence electrons. The summed E-state index contributed by atoms with van der Waals surface area (Å²) in [5.41, 5.74) is 1.12. The predicted octanol–water partition coefficient (Wildman–Crippen LogP) is 5.59. The fourth-order valence-electron chi connectivity index (χ4n) is 2.70. The highest BCUT2D eigenvalue weighted by Crippen LogP contribution is 2.20. The molecule has 0 spiro atoms. The summed E-state index contributed by atoms with van der Waals surface area (Å²) in [6.07, 6.45) is 18.6. The Hall–Kier alpha value is -0.590. The zero-order valence-electron chi connectivity index (χ0n) is 12.2. The van der Waals surface area contributed by atoms with E-state index in [1.807, 2.05) is 0 Å². The molecule has 0 atom stereocenters. The van der Waals surface area contributed by atoms with Crippen LogP contribution in [0.2, 0.25) is 0 Å². The fourth-order valence-corrected chi connectivity index (χ4v) is 2.70. The Morgan fingerprint density at radius 3 is 1.94 bits per heavy atom. The van der Waals surface area contributed by atoms with Crippen molar-refractivity contribution in [3.05, 3.63) is 11.6 Å². The smallest absolute Gasteiger partial charge is 0.158 e. The Balaban J connectivity index is 1.80. The first-order chi connectivity index (χ1) is 8.84. The van der Waals surface area contributed by atoms with Crippen LogP contribution in [-0.2, 0) is 4.79 Å². The Morgan fingerprint density at radius 2 is 1.44 bits per heavy atom. The van der Waals surface area contributed by atoms with Crippen molar-refractivity contribution in [1.29, 1.82) is 0 Å². The van der Waals surface area contributed by atoms with E-state index in [2.05, 4.69) is 13.0 Å². The lowest BCUT2D eigenvalue weighted by molar-refractivity contribution is -0.115. The first kappa shape index (κ1) is 15.5. The number of allylic oxidation sites excluding steroid dienone is 2. The predicted molar refractivity (Wildman–Crippen MR) is 78.8 cm³/mol. The van der Waals surface area contributed by atoms with E-state index >= 15 is 0 Å². The van der Waals surface area contributed by atoms with Gasteiger partial charge in [0.25, 0.3) is 0 Å². The molecule has 0 aliphatic heterocycles. The van der Waals surface area contributed by atoms with Gasteiger partial charge in [0.2, 0.25) is 0 Å². The van der Waals surface area contributed by atoms with Gasteiger partial charge in [-0.05, 0) is 24.8 Å². The maximum atomic E-state index is 11.4. The molecule has 1 nitrogen and oxygen atoms in total. The molecule has 1 aliphatic carbocycles. The zero-order chi connectivity index (χ0) is 13.1. The number of Topliss-reactive ketones (excluding diaryl/α,β-unsaturated/α-hetero) is 1. The van der Waals surface area contributed by atoms with Crippen molar-refractivity contribution in [2.75, 3.05) is 0 Å². The lowest BCUT2D eigenvalue weighted by Crippen LogP contribution is -1.95. The highest BCUT2D eigenvalue weighted by molar-refractivity contribution is 5.97. The van der Waals surface area contributed by atoms with Crippen LogP contribution >= 0.6 is 0 Å². The average Bonchev–Trinajstić information content (AvgIpc) is 2.77. The summed E-state index contributed by atoms with van der Waals surface area (Å²) in [7, 11) is 0. The molecule has 0 aromatic heterocycles. The van der Waals surface area contributed by atoms with E-state index in [0.29, 0.717) is 5.78 Å². The monoisotopic (exact) mass is 250 g/mol. The molecule has 0 fully saturated rings. The molecule has 0 N–H and O–H groups in total. The molecule has 0 saturated heterocycles. The van der Waals surface area contributed by atoms with E-state index in [1.165, 1.54) is 64.2 Å². The van der Waals surface area contributed by atoms with Crippen molar-refractivity contribution in [3.8, 4) is 0 Å². The normalized spacial score (nSPS) is 15.2. The molecular formula is C17H30O. The summed E-state index contributed by atoms with van der Waals surface area (Å²) in [5.74, 6) is 0.408. The van der Waals surface area contributed by atoms with E-state index in [9.17, 15) is 4.79 Å². The third kappa shape index (κ3) is 6.98. The highest BCUT2D eigenvalue weighted by atomic mass is 16.1. The zero-order valence-corrected chi connectivity index (χ0v) is 12.2. The van der Waals surface area contributed by atoms with E-state index in [1.54, 1.807) is 0 Å². The van der Waals surface area contributed by atoms with Gasteiger partial charge in [0.05, 0.1) is 0 Å². The van der Waals surface area contributed by atoms with Gasteiger partial charge in [-0.25, -0.2) is 0 Å². The molecule has 0 saturated carbocycles. The van der Waals surface area contributed by atoms with Crippen LogP contribution in [0.4, 0.5) is 0 Å². The summed E-state index contributed by atoms with van der Waals surface area (Å²) in [4.78, 5) is 11.4. The Bertz CT molecular complexity index is 252. The second-order valence-electron chi connectivity index (χ2n) is 5.62. The van der Waals surface area contributed by atoms with Crippen LogP contribution in [0.3, 0.4) is 0 Å². The summed E-state index contributed by atoms with van der Waals surface area (Å²) < 4.78 is 0. The summed E-state index contributed by atoms with van der Waals surface area (Å²) in [6.45, 7) is 2.27. The number of ketones is 1. The van der Waals surface area contributed by atoms with Gasteiger partial charge in [0.15, 0.2) is 5.78 Å². The Kier molecular flexibility index (Phi) is 8.89. The molecule has 0 bridgehead atoms. The highest BCUT2D eigenvalue weighted by Gasteiger charge is 2.13. The van der Waals surface area contributed by atoms with Gasteiger partial charge < -0.3 is 0 Å². The van der Waals surface area contributed by atoms with Gasteiger partial charge >= 0.3 is 0 Å². The largest absolute Gasteiger partial charge is 0.295 e.